The van der Waals surface area contributed by atoms with E-state index in [0.29, 0.717) is 12.0 Å². The third-order valence-electron chi connectivity index (χ3n) is 4.28. The number of carbonyl (C=O) groups excluding carboxylic acids is 1. The zero-order chi connectivity index (χ0) is 18.4. The summed E-state index contributed by atoms with van der Waals surface area (Å²) in [7, 11) is 0. The molecule has 0 spiro atoms. The average molecular weight is 372 g/mol. The predicted octanol–water partition coefficient (Wildman–Crippen LogP) is 4.94. The van der Waals surface area contributed by atoms with Gasteiger partial charge in [-0.2, -0.15) is 13.2 Å². The number of nitrogens with zero attached hydrogens (tertiary/aromatic N) is 1. The van der Waals surface area contributed by atoms with Gasteiger partial charge in [0.15, 0.2) is 0 Å². The fraction of sp³-hybridized carbons (Fsp3) is 0.278. The number of halogens is 5. The Morgan fingerprint density at radius 2 is 1.96 bits per heavy atom. The predicted molar refractivity (Wildman–Crippen MR) is 87.4 cm³/mol. The van der Waals surface area contributed by atoms with Crippen LogP contribution >= 0.6 is 11.6 Å². The number of anilines is 1. The molecule has 0 saturated heterocycles. The number of aryl methyl sites for hydroxylation is 1. The topological polar surface area (TPSA) is 20.3 Å². The summed E-state index contributed by atoms with van der Waals surface area (Å²) in [6.45, 7) is 1.68. The normalized spacial score (nSPS) is 13.9. The van der Waals surface area contributed by atoms with Gasteiger partial charge in [0.2, 0.25) is 5.91 Å². The van der Waals surface area contributed by atoms with Crippen molar-refractivity contribution in [1.29, 1.82) is 0 Å². The first kappa shape index (κ1) is 17.7. The highest BCUT2D eigenvalue weighted by molar-refractivity contribution is 6.30. The second kappa shape index (κ2) is 6.33. The van der Waals surface area contributed by atoms with E-state index in [1.165, 1.54) is 30.0 Å². The third kappa shape index (κ3) is 3.49. The molecule has 2 nitrogen and oxygen atoms in total. The maximum Gasteiger partial charge on any atom is 0.416 e. The minimum atomic E-state index is -4.49. The van der Waals surface area contributed by atoms with Crippen molar-refractivity contribution in [1.82, 2.24) is 0 Å². The fourth-order valence-corrected chi connectivity index (χ4v) is 3.21. The van der Waals surface area contributed by atoms with Crippen LogP contribution in [0.25, 0.3) is 0 Å². The Balaban J connectivity index is 1.90. The van der Waals surface area contributed by atoms with Gasteiger partial charge >= 0.3 is 6.18 Å². The van der Waals surface area contributed by atoms with Crippen LogP contribution in [0.2, 0.25) is 5.02 Å². The Bertz CT molecular complexity index is 848. The summed E-state index contributed by atoms with van der Waals surface area (Å²) >= 11 is 5.68. The van der Waals surface area contributed by atoms with Crippen LogP contribution in [-0.2, 0) is 23.8 Å². The summed E-state index contributed by atoms with van der Waals surface area (Å²) in [6.07, 6.45) is -4.25. The van der Waals surface area contributed by atoms with E-state index in [1.807, 2.05) is 0 Å². The van der Waals surface area contributed by atoms with Crippen LogP contribution < -0.4 is 4.90 Å². The standard InChI is InChI=1S/C18H14ClF4NO/c1-10-6-12-4-5-24(16(12)9-14(10)18(21,22)23)17(25)7-11-2-3-13(19)8-15(11)20/h2-3,6,8-9H,4-5,7H2,1H3. The second-order valence-corrected chi connectivity index (χ2v) is 6.44. The van der Waals surface area contributed by atoms with E-state index in [0.717, 1.165) is 12.1 Å². The minimum Gasteiger partial charge on any atom is -0.312 e. The largest absolute Gasteiger partial charge is 0.416 e. The summed E-state index contributed by atoms with van der Waals surface area (Å²) in [5.74, 6) is -1.06. The highest BCUT2D eigenvalue weighted by Crippen LogP contribution is 2.38. The van der Waals surface area contributed by atoms with E-state index in [-0.39, 0.29) is 34.8 Å². The molecule has 3 rings (SSSR count). The molecule has 1 amide bonds. The molecule has 0 fully saturated rings. The average Bonchev–Trinajstić information content (AvgIpc) is 2.91. The molecular weight excluding hydrogens is 358 g/mol. The van der Waals surface area contributed by atoms with Crippen molar-refractivity contribution in [3.8, 4) is 0 Å². The molecule has 132 valence electrons. The highest BCUT2D eigenvalue weighted by atomic mass is 35.5. The van der Waals surface area contributed by atoms with E-state index in [4.69, 9.17) is 11.6 Å². The maximum absolute atomic E-state index is 13.9. The van der Waals surface area contributed by atoms with Crippen LogP contribution in [0.4, 0.5) is 23.2 Å². The smallest absolute Gasteiger partial charge is 0.312 e. The number of alkyl halides is 3. The molecule has 0 N–H and O–H groups in total. The summed E-state index contributed by atoms with van der Waals surface area (Å²) in [5.41, 5.74) is 0.464. The van der Waals surface area contributed by atoms with E-state index in [2.05, 4.69) is 0 Å². The van der Waals surface area contributed by atoms with Gasteiger partial charge in [0, 0.05) is 17.3 Å². The van der Waals surface area contributed by atoms with Crippen molar-refractivity contribution in [2.45, 2.75) is 25.9 Å². The number of benzene rings is 2. The van der Waals surface area contributed by atoms with Gasteiger partial charge in [0.1, 0.15) is 5.82 Å². The van der Waals surface area contributed by atoms with Gasteiger partial charge in [0.05, 0.1) is 12.0 Å². The highest BCUT2D eigenvalue weighted by Gasteiger charge is 2.35. The van der Waals surface area contributed by atoms with Crippen LogP contribution in [0.15, 0.2) is 30.3 Å². The van der Waals surface area contributed by atoms with Gasteiger partial charge in [-0.25, -0.2) is 4.39 Å². The molecule has 0 atom stereocenters. The molecule has 0 radical (unpaired) electrons. The molecule has 0 aliphatic carbocycles. The zero-order valence-electron chi connectivity index (χ0n) is 13.3. The molecule has 2 aromatic rings. The molecule has 7 heteroatoms. The lowest BCUT2D eigenvalue weighted by Crippen LogP contribution is -2.30. The van der Waals surface area contributed by atoms with Gasteiger partial charge in [-0.15, -0.1) is 0 Å². The van der Waals surface area contributed by atoms with Gasteiger partial charge in [-0.3, -0.25) is 4.79 Å². The third-order valence-corrected chi connectivity index (χ3v) is 4.52. The molecule has 0 saturated carbocycles. The van der Waals surface area contributed by atoms with E-state index in [1.54, 1.807) is 0 Å². The number of amides is 1. The molecule has 0 aromatic heterocycles. The lowest BCUT2D eigenvalue weighted by molar-refractivity contribution is -0.138. The molecular formula is C18H14ClF4NO. The molecule has 0 unspecified atom stereocenters. The Hall–Kier alpha value is -2.08. The van der Waals surface area contributed by atoms with Gasteiger partial charge in [-0.1, -0.05) is 23.7 Å². The molecule has 25 heavy (non-hydrogen) atoms. The Morgan fingerprint density at radius 3 is 2.60 bits per heavy atom. The molecule has 1 heterocycles. The first-order valence-corrected chi connectivity index (χ1v) is 7.99. The van der Waals surface area contributed by atoms with Crippen molar-refractivity contribution in [2.24, 2.45) is 0 Å². The van der Waals surface area contributed by atoms with E-state index < -0.39 is 23.5 Å². The quantitative estimate of drug-likeness (QED) is 0.685. The summed E-state index contributed by atoms with van der Waals surface area (Å²) in [4.78, 5) is 13.8. The van der Waals surface area contributed by atoms with Crippen LogP contribution in [0.1, 0.15) is 22.3 Å². The van der Waals surface area contributed by atoms with Crippen LogP contribution in [0, 0.1) is 12.7 Å². The van der Waals surface area contributed by atoms with Gasteiger partial charge in [-0.05, 0) is 48.2 Å². The number of fused-ring (bicyclic) bond motifs is 1. The number of hydrogen-bond donors (Lipinski definition) is 0. The maximum atomic E-state index is 13.9. The van der Waals surface area contributed by atoms with Crippen LogP contribution in [0.5, 0.6) is 0 Å². The number of rotatable bonds is 2. The van der Waals surface area contributed by atoms with E-state index >= 15 is 0 Å². The summed E-state index contributed by atoms with van der Waals surface area (Å²) in [5, 5.41) is 0.213. The van der Waals surface area contributed by atoms with Crippen molar-refractivity contribution in [3.05, 3.63) is 63.4 Å². The van der Waals surface area contributed by atoms with Gasteiger partial charge in [0.25, 0.3) is 0 Å². The van der Waals surface area contributed by atoms with Crippen molar-refractivity contribution < 1.29 is 22.4 Å². The molecule has 1 aliphatic rings. The van der Waals surface area contributed by atoms with Crippen LogP contribution in [-0.4, -0.2) is 12.5 Å². The lowest BCUT2D eigenvalue weighted by Gasteiger charge is -2.20. The first-order chi connectivity index (χ1) is 11.7. The molecule has 2 aromatic carbocycles. The Morgan fingerprint density at radius 1 is 1.24 bits per heavy atom. The second-order valence-electron chi connectivity index (χ2n) is 6.00. The monoisotopic (exact) mass is 371 g/mol. The number of carbonyl (C=O) groups is 1. The minimum absolute atomic E-state index is 0.129. The zero-order valence-corrected chi connectivity index (χ0v) is 14.0. The lowest BCUT2D eigenvalue weighted by atomic mass is 10.0. The first-order valence-electron chi connectivity index (χ1n) is 7.62. The molecule has 0 bridgehead atoms. The molecule has 1 aliphatic heterocycles. The number of hydrogen-bond acceptors (Lipinski definition) is 1. The van der Waals surface area contributed by atoms with Crippen molar-refractivity contribution in [2.75, 3.05) is 11.4 Å². The van der Waals surface area contributed by atoms with Gasteiger partial charge < -0.3 is 4.90 Å². The SMILES string of the molecule is Cc1cc2c(cc1C(F)(F)F)N(C(=O)Cc1ccc(Cl)cc1F)CC2. The summed E-state index contributed by atoms with van der Waals surface area (Å²) in [6, 6.07) is 6.45. The van der Waals surface area contributed by atoms with Crippen molar-refractivity contribution in [3.63, 3.8) is 0 Å². The Labute approximate surface area is 147 Å². The Kier molecular flexibility index (Phi) is 4.49. The fourth-order valence-electron chi connectivity index (χ4n) is 3.05. The van der Waals surface area contributed by atoms with Crippen LogP contribution in [0.3, 0.4) is 0 Å². The van der Waals surface area contributed by atoms with Crippen molar-refractivity contribution >= 4 is 23.2 Å². The van der Waals surface area contributed by atoms with E-state index in [9.17, 15) is 22.4 Å². The summed E-state index contributed by atoms with van der Waals surface area (Å²) < 4.78 is 53.2.